The first kappa shape index (κ1) is 20.0. The highest BCUT2D eigenvalue weighted by Gasteiger charge is 2.65. The molecule has 1 aliphatic heterocycles. The zero-order valence-electron chi connectivity index (χ0n) is 16.1. The number of carbonyl (C=O) groups excluding carboxylic acids is 1. The maximum Gasteiger partial charge on any atom is 0.215 e. The minimum Gasteiger partial charge on any atom is -0.352 e. The maximum absolute atomic E-state index is 14.1. The highest BCUT2D eigenvalue weighted by atomic mass is 35.5. The van der Waals surface area contributed by atoms with Crippen LogP contribution in [0, 0.1) is 22.6 Å². The Labute approximate surface area is 170 Å². The van der Waals surface area contributed by atoms with Crippen molar-refractivity contribution in [3.05, 3.63) is 23.1 Å². The van der Waals surface area contributed by atoms with Gasteiger partial charge in [0.25, 0.3) is 0 Å². The number of ketones is 1. The molecule has 0 unspecified atom stereocenters. The molecule has 2 aliphatic carbocycles. The number of carbonyl (C=O) groups is 1. The lowest BCUT2D eigenvalue weighted by atomic mass is 9.70. The second-order valence-electron chi connectivity index (χ2n) is 8.77. The lowest BCUT2D eigenvalue weighted by Crippen LogP contribution is -2.53. The van der Waals surface area contributed by atoms with E-state index >= 15 is 0 Å². The number of anilines is 1. The van der Waals surface area contributed by atoms with Gasteiger partial charge in [0.05, 0.1) is 10.8 Å². The van der Waals surface area contributed by atoms with Gasteiger partial charge in [-0.1, -0.05) is 25.4 Å². The number of halogens is 2. The Hall–Kier alpha value is -1.25. The summed E-state index contributed by atoms with van der Waals surface area (Å²) < 4.78 is 41.9. The van der Waals surface area contributed by atoms with E-state index in [0.717, 1.165) is 6.42 Å². The van der Waals surface area contributed by atoms with E-state index in [-0.39, 0.29) is 46.8 Å². The van der Waals surface area contributed by atoms with Crippen LogP contribution in [0.15, 0.2) is 12.3 Å². The number of aromatic nitrogens is 1. The molecule has 9 heteroatoms. The zero-order chi connectivity index (χ0) is 20.3. The highest BCUT2D eigenvalue weighted by molar-refractivity contribution is 7.89. The lowest BCUT2D eigenvalue weighted by Gasteiger charge is -2.40. The molecule has 3 aliphatic rings. The predicted octanol–water partition coefficient (Wildman–Crippen LogP) is 2.72. The summed E-state index contributed by atoms with van der Waals surface area (Å²) in [6, 6.07) is 1.20. The molecule has 0 amide bonds. The fourth-order valence-corrected chi connectivity index (χ4v) is 7.68. The molecule has 28 heavy (non-hydrogen) atoms. The number of hydrogen-bond acceptors (Lipinski definition) is 5. The van der Waals surface area contributed by atoms with Crippen LogP contribution in [0.1, 0.15) is 33.1 Å². The third kappa shape index (κ3) is 2.95. The molecule has 1 aromatic rings. The molecule has 0 spiro atoms. The van der Waals surface area contributed by atoms with Gasteiger partial charge in [-0.15, -0.1) is 0 Å². The molecular weight excluding hydrogens is 405 g/mol. The number of pyridine rings is 1. The van der Waals surface area contributed by atoms with Crippen LogP contribution in [-0.4, -0.2) is 55.4 Å². The normalized spacial score (nSPS) is 30.2. The smallest absolute Gasteiger partial charge is 0.215 e. The van der Waals surface area contributed by atoms with Crippen molar-refractivity contribution in [2.75, 3.05) is 36.8 Å². The third-order valence-corrected chi connectivity index (χ3v) is 9.50. The summed E-state index contributed by atoms with van der Waals surface area (Å²) in [7, 11) is -3.59. The standard InChI is InChI=1S/C19H25ClFN3O3S/c1-18(2)13-3-4-19(18,16(25)9-13)12-28(26,27)24-7-5-23(6-8-24)17-15(21)10-14(20)11-22-17/h10-11,13H,3-9,12H2,1-2H3/t13-,19-/m1/s1. The van der Waals surface area contributed by atoms with Crippen LogP contribution in [0.4, 0.5) is 10.2 Å². The van der Waals surface area contributed by atoms with E-state index in [2.05, 4.69) is 4.98 Å². The summed E-state index contributed by atoms with van der Waals surface area (Å²) in [6.45, 7) is 5.27. The number of hydrogen-bond donors (Lipinski definition) is 0. The summed E-state index contributed by atoms with van der Waals surface area (Å²) in [5.74, 6) is -0.0613. The highest BCUT2D eigenvalue weighted by Crippen LogP contribution is 2.64. The second kappa shape index (κ2) is 6.64. The van der Waals surface area contributed by atoms with Gasteiger partial charge in [0.15, 0.2) is 11.6 Å². The van der Waals surface area contributed by atoms with Crippen LogP contribution in [0.25, 0.3) is 0 Å². The van der Waals surface area contributed by atoms with Crippen LogP contribution in [0.3, 0.4) is 0 Å². The second-order valence-corrected chi connectivity index (χ2v) is 11.2. The minimum absolute atomic E-state index is 0.100. The molecule has 0 radical (unpaired) electrons. The number of sulfonamides is 1. The molecule has 2 bridgehead atoms. The number of fused-ring (bicyclic) bond motifs is 2. The van der Waals surface area contributed by atoms with Gasteiger partial charge in [0.1, 0.15) is 5.78 Å². The molecule has 1 aromatic heterocycles. The van der Waals surface area contributed by atoms with Gasteiger partial charge >= 0.3 is 0 Å². The average molecular weight is 430 g/mol. The largest absolute Gasteiger partial charge is 0.352 e. The Balaban J connectivity index is 1.48. The van der Waals surface area contributed by atoms with Crippen LogP contribution < -0.4 is 4.90 Å². The molecule has 2 saturated carbocycles. The number of Topliss-reactive ketones (excluding diaryl/α,β-unsaturated/α-hetero) is 1. The molecule has 1 saturated heterocycles. The molecule has 4 rings (SSSR count). The molecular formula is C19H25ClFN3O3S. The summed E-state index contributed by atoms with van der Waals surface area (Å²) in [6.07, 6.45) is 3.45. The Bertz CT molecular complexity index is 915. The van der Waals surface area contributed by atoms with Crippen molar-refractivity contribution in [1.29, 1.82) is 0 Å². The first-order chi connectivity index (χ1) is 13.1. The van der Waals surface area contributed by atoms with Crippen LogP contribution >= 0.6 is 11.6 Å². The fourth-order valence-electron chi connectivity index (χ4n) is 5.33. The molecule has 2 heterocycles. The van der Waals surface area contributed by atoms with Gasteiger partial charge in [0, 0.05) is 44.2 Å². The van der Waals surface area contributed by atoms with Crippen LogP contribution in [0.2, 0.25) is 5.02 Å². The van der Waals surface area contributed by atoms with E-state index in [4.69, 9.17) is 11.6 Å². The van der Waals surface area contributed by atoms with Crippen LogP contribution in [0.5, 0.6) is 0 Å². The average Bonchev–Trinajstić information content (AvgIpc) is 2.96. The van der Waals surface area contributed by atoms with Crippen molar-refractivity contribution in [3.8, 4) is 0 Å². The van der Waals surface area contributed by atoms with E-state index < -0.39 is 21.3 Å². The summed E-state index contributed by atoms with van der Waals surface area (Å²) in [5, 5.41) is 0.223. The van der Waals surface area contributed by atoms with Crippen molar-refractivity contribution in [2.24, 2.45) is 16.7 Å². The topological polar surface area (TPSA) is 70.6 Å². The van der Waals surface area contributed by atoms with Crippen molar-refractivity contribution in [3.63, 3.8) is 0 Å². The summed E-state index contributed by atoms with van der Waals surface area (Å²) >= 11 is 5.75. The molecule has 6 nitrogen and oxygen atoms in total. The van der Waals surface area contributed by atoms with E-state index in [9.17, 15) is 17.6 Å². The van der Waals surface area contributed by atoms with Crippen molar-refractivity contribution >= 4 is 33.2 Å². The first-order valence-electron chi connectivity index (χ1n) is 9.64. The van der Waals surface area contributed by atoms with Crippen molar-refractivity contribution in [1.82, 2.24) is 9.29 Å². The minimum atomic E-state index is -3.59. The molecule has 0 aromatic carbocycles. The van der Waals surface area contributed by atoms with Crippen molar-refractivity contribution in [2.45, 2.75) is 33.1 Å². The quantitative estimate of drug-likeness (QED) is 0.736. The van der Waals surface area contributed by atoms with E-state index in [0.29, 0.717) is 25.9 Å². The van der Waals surface area contributed by atoms with Gasteiger partial charge in [-0.3, -0.25) is 4.79 Å². The Morgan fingerprint density at radius 1 is 1.29 bits per heavy atom. The van der Waals surface area contributed by atoms with Crippen molar-refractivity contribution < 1.29 is 17.6 Å². The van der Waals surface area contributed by atoms with E-state index in [1.54, 1.807) is 4.90 Å². The van der Waals surface area contributed by atoms with Crippen LogP contribution in [-0.2, 0) is 14.8 Å². The SMILES string of the molecule is CC1(C)[C@@H]2CC[C@@]1(CS(=O)(=O)N1CCN(c3ncc(Cl)cc3F)CC1)C(=O)C2. The zero-order valence-corrected chi connectivity index (χ0v) is 17.7. The third-order valence-electron chi connectivity index (χ3n) is 7.29. The van der Waals surface area contributed by atoms with Gasteiger partial charge < -0.3 is 4.90 Å². The maximum atomic E-state index is 14.1. The fraction of sp³-hybridized carbons (Fsp3) is 0.684. The monoisotopic (exact) mass is 429 g/mol. The Morgan fingerprint density at radius 2 is 1.96 bits per heavy atom. The predicted molar refractivity (Wildman–Crippen MR) is 105 cm³/mol. The van der Waals surface area contributed by atoms with Gasteiger partial charge in [0.2, 0.25) is 10.0 Å². The number of piperazine rings is 1. The summed E-state index contributed by atoms with van der Waals surface area (Å²) in [5.41, 5.74) is -1.05. The molecule has 0 N–H and O–H groups in total. The van der Waals surface area contributed by atoms with E-state index in [1.165, 1.54) is 16.6 Å². The summed E-state index contributed by atoms with van der Waals surface area (Å²) in [4.78, 5) is 18.4. The number of nitrogens with zero attached hydrogens (tertiary/aromatic N) is 3. The van der Waals surface area contributed by atoms with Gasteiger partial charge in [-0.2, -0.15) is 4.31 Å². The molecule has 2 atom stereocenters. The molecule has 3 fully saturated rings. The van der Waals surface area contributed by atoms with E-state index in [1.807, 2.05) is 13.8 Å². The van der Waals surface area contributed by atoms with Gasteiger partial charge in [-0.05, 0) is 30.2 Å². The first-order valence-corrected chi connectivity index (χ1v) is 11.6. The van der Waals surface area contributed by atoms with Gasteiger partial charge in [-0.25, -0.2) is 17.8 Å². The Morgan fingerprint density at radius 3 is 2.50 bits per heavy atom. The molecule has 154 valence electrons. The number of rotatable bonds is 4. The lowest BCUT2D eigenvalue weighted by molar-refractivity contribution is -0.128. The Kier molecular flexibility index (Phi) is 4.75.